The fourth-order valence-electron chi connectivity index (χ4n) is 2.98. The predicted molar refractivity (Wildman–Crippen MR) is 126 cm³/mol. The molecule has 192 valence electrons. The molecule has 0 bridgehead atoms. The molecule has 0 atom stereocenters. The molecule has 0 aliphatic heterocycles. The molecule has 1 heterocycles. The molecule has 0 radical (unpaired) electrons. The number of hydrogen-bond acceptors (Lipinski definition) is 7. The Hall–Kier alpha value is -3.80. The smallest absolute Gasteiger partial charge is 0.494 e. The number of aromatic nitrogens is 1. The van der Waals surface area contributed by atoms with Crippen LogP contribution in [0.3, 0.4) is 0 Å². The maximum absolute atomic E-state index is 12.3. The van der Waals surface area contributed by atoms with Gasteiger partial charge in [-0.2, -0.15) is 0 Å². The fraction of sp³-hybridized carbons (Fsp3) is 0.292. The molecule has 0 saturated carbocycles. The lowest BCUT2D eigenvalue weighted by Crippen LogP contribution is -2.28. The molecule has 0 unspecified atom stereocenters. The van der Waals surface area contributed by atoms with Gasteiger partial charge in [-0.25, -0.2) is 4.98 Å². The summed E-state index contributed by atoms with van der Waals surface area (Å²) < 4.78 is 51.0. The molecule has 0 fully saturated rings. The average molecular weight is 524 g/mol. The van der Waals surface area contributed by atoms with Gasteiger partial charge in [0.2, 0.25) is 0 Å². The van der Waals surface area contributed by atoms with E-state index in [0.717, 1.165) is 23.4 Å². The number of alkyl halides is 3. The van der Waals surface area contributed by atoms with E-state index in [1.165, 1.54) is 23.5 Å². The SMILES string of the molecule is CCOc1cccc(CCNC(=O)c2csc(CNC(=O)COc3ccc(OC(F)(F)F)cc3)n2)c1. The van der Waals surface area contributed by atoms with Crippen molar-refractivity contribution in [1.29, 1.82) is 0 Å². The molecule has 0 saturated heterocycles. The average Bonchev–Trinajstić information content (AvgIpc) is 3.31. The van der Waals surface area contributed by atoms with Crippen molar-refractivity contribution >= 4 is 23.2 Å². The van der Waals surface area contributed by atoms with Crippen LogP contribution in [-0.4, -0.2) is 42.9 Å². The number of ether oxygens (including phenoxy) is 3. The Morgan fingerprint density at radius 3 is 2.47 bits per heavy atom. The van der Waals surface area contributed by atoms with Crippen LogP contribution in [-0.2, 0) is 17.8 Å². The van der Waals surface area contributed by atoms with Gasteiger partial charge in [0.25, 0.3) is 11.8 Å². The van der Waals surface area contributed by atoms with Crippen LogP contribution < -0.4 is 24.8 Å². The van der Waals surface area contributed by atoms with Crippen LogP contribution in [0.15, 0.2) is 53.9 Å². The summed E-state index contributed by atoms with van der Waals surface area (Å²) in [5, 5.41) is 7.57. The molecule has 12 heteroatoms. The maximum Gasteiger partial charge on any atom is 0.573 e. The van der Waals surface area contributed by atoms with Gasteiger partial charge in [-0.3, -0.25) is 9.59 Å². The molecule has 2 N–H and O–H groups in total. The maximum atomic E-state index is 12.3. The van der Waals surface area contributed by atoms with Crippen molar-refractivity contribution < 1.29 is 37.0 Å². The van der Waals surface area contributed by atoms with Crippen LogP contribution in [0.1, 0.15) is 28.0 Å². The highest BCUT2D eigenvalue weighted by Crippen LogP contribution is 2.24. The number of amides is 2. The van der Waals surface area contributed by atoms with Crippen molar-refractivity contribution in [3.8, 4) is 17.2 Å². The summed E-state index contributed by atoms with van der Waals surface area (Å²) in [6, 6.07) is 12.4. The second-order valence-corrected chi connectivity index (χ2v) is 8.24. The van der Waals surface area contributed by atoms with Crippen LogP contribution in [0.2, 0.25) is 0 Å². The van der Waals surface area contributed by atoms with E-state index in [0.29, 0.717) is 24.6 Å². The highest BCUT2D eigenvalue weighted by Gasteiger charge is 2.31. The Labute approximate surface area is 209 Å². The third-order valence-corrected chi connectivity index (χ3v) is 5.41. The molecule has 36 heavy (non-hydrogen) atoms. The third kappa shape index (κ3) is 9.10. The van der Waals surface area contributed by atoms with Crippen molar-refractivity contribution in [3.05, 3.63) is 70.2 Å². The zero-order chi connectivity index (χ0) is 26.0. The molecule has 1 aromatic heterocycles. The van der Waals surface area contributed by atoms with Crippen molar-refractivity contribution in [2.24, 2.45) is 0 Å². The molecular formula is C24H24F3N3O5S. The summed E-state index contributed by atoms with van der Waals surface area (Å²) >= 11 is 1.23. The molecule has 3 rings (SSSR count). The first-order valence-corrected chi connectivity index (χ1v) is 11.8. The standard InChI is InChI=1S/C24H24F3N3O5S/c1-2-33-19-5-3-4-16(12-19)10-11-28-23(32)20-15-36-22(30-20)13-29-21(31)14-34-17-6-8-18(9-7-17)35-24(25,26)27/h3-9,12,15H,2,10-11,13-14H2,1H3,(H,28,32)(H,29,31). The first-order valence-electron chi connectivity index (χ1n) is 10.9. The zero-order valence-corrected chi connectivity index (χ0v) is 20.1. The molecule has 2 amide bonds. The van der Waals surface area contributed by atoms with E-state index in [9.17, 15) is 22.8 Å². The minimum absolute atomic E-state index is 0.0999. The van der Waals surface area contributed by atoms with Crippen LogP contribution in [0, 0.1) is 0 Å². The molecule has 0 aliphatic carbocycles. The monoisotopic (exact) mass is 523 g/mol. The Kier molecular flexibility index (Phi) is 9.51. The highest BCUT2D eigenvalue weighted by atomic mass is 32.1. The summed E-state index contributed by atoms with van der Waals surface area (Å²) in [5.74, 6) is -0.172. The fourth-order valence-corrected chi connectivity index (χ4v) is 3.69. The van der Waals surface area contributed by atoms with E-state index in [1.54, 1.807) is 5.38 Å². The van der Waals surface area contributed by atoms with Gasteiger partial charge < -0.3 is 24.8 Å². The van der Waals surface area contributed by atoms with Crippen molar-refractivity contribution in [1.82, 2.24) is 15.6 Å². The second-order valence-electron chi connectivity index (χ2n) is 7.30. The number of thiazole rings is 1. The van der Waals surface area contributed by atoms with Crippen LogP contribution in [0.5, 0.6) is 17.2 Å². The molecule has 3 aromatic rings. The van der Waals surface area contributed by atoms with Gasteiger partial charge in [0.15, 0.2) is 6.61 Å². The lowest BCUT2D eigenvalue weighted by molar-refractivity contribution is -0.274. The lowest BCUT2D eigenvalue weighted by atomic mass is 10.1. The zero-order valence-electron chi connectivity index (χ0n) is 19.3. The number of benzene rings is 2. The van der Waals surface area contributed by atoms with Crippen molar-refractivity contribution in [2.75, 3.05) is 19.8 Å². The highest BCUT2D eigenvalue weighted by molar-refractivity contribution is 7.09. The van der Waals surface area contributed by atoms with Gasteiger partial charge in [-0.1, -0.05) is 12.1 Å². The van der Waals surface area contributed by atoms with Gasteiger partial charge in [-0.15, -0.1) is 24.5 Å². The Balaban J connectivity index is 1.37. The minimum atomic E-state index is -4.78. The molecule has 2 aromatic carbocycles. The van der Waals surface area contributed by atoms with E-state index in [4.69, 9.17) is 9.47 Å². The van der Waals surface area contributed by atoms with Gasteiger partial charge in [0, 0.05) is 11.9 Å². The van der Waals surface area contributed by atoms with E-state index in [-0.39, 0.29) is 30.5 Å². The number of carbonyl (C=O) groups is 2. The Morgan fingerprint density at radius 1 is 1.00 bits per heavy atom. The summed E-state index contributed by atoms with van der Waals surface area (Å²) in [6.07, 6.45) is -4.15. The number of rotatable bonds is 12. The van der Waals surface area contributed by atoms with E-state index < -0.39 is 18.0 Å². The normalized spacial score (nSPS) is 11.0. The van der Waals surface area contributed by atoms with Crippen LogP contribution >= 0.6 is 11.3 Å². The first kappa shape index (κ1) is 26.8. The summed E-state index contributed by atoms with van der Waals surface area (Å²) in [4.78, 5) is 28.6. The minimum Gasteiger partial charge on any atom is -0.494 e. The Morgan fingerprint density at radius 2 is 1.75 bits per heavy atom. The largest absolute Gasteiger partial charge is 0.573 e. The van der Waals surface area contributed by atoms with E-state index >= 15 is 0 Å². The molecule has 0 spiro atoms. The third-order valence-electron chi connectivity index (χ3n) is 4.56. The molecule has 8 nitrogen and oxygen atoms in total. The Bertz CT molecular complexity index is 1150. The lowest BCUT2D eigenvalue weighted by Gasteiger charge is -2.10. The van der Waals surface area contributed by atoms with Gasteiger partial charge >= 0.3 is 6.36 Å². The van der Waals surface area contributed by atoms with Gasteiger partial charge in [-0.05, 0) is 55.3 Å². The van der Waals surface area contributed by atoms with E-state index in [2.05, 4.69) is 20.4 Å². The number of nitrogens with one attached hydrogen (secondary N) is 2. The second kappa shape index (κ2) is 12.8. The van der Waals surface area contributed by atoms with Crippen molar-refractivity contribution in [2.45, 2.75) is 26.3 Å². The molecular weight excluding hydrogens is 499 g/mol. The number of nitrogens with zero attached hydrogens (tertiary/aromatic N) is 1. The quantitative estimate of drug-likeness (QED) is 0.371. The van der Waals surface area contributed by atoms with Gasteiger partial charge in [0.05, 0.1) is 13.2 Å². The van der Waals surface area contributed by atoms with Gasteiger partial charge in [0.1, 0.15) is 28.0 Å². The number of halogens is 3. The number of hydrogen-bond donors (Lipinski definition) is 2. The number of carbonyl (C=O) groups excluding carboxylic acids is 2. The summed E-state index contributed by atoms with van der Waals surface area (Å²) in [7, 11) is 0. The van der Waals surface area contributed by atoms with Crippen LogP contribution in [0.25, 0.3) is 0 Å². The first-order chi connectivity index (χ1) is 17.2. The van der Waals surface area contributed by atoms with E-state index in [1.807, 2.05) is 31.2 Å². The predicted octanol–water partition coefficient (Wildman–Crippen LogP) is 4.11. The topological polar surface area (TPSA) is 98.8 Å². The summed E-state index contributed by atoms with van der Waals surface area (Å²) in [6.45, 7) is 2.68. The van der Waals surface area contributed by atoms with Crippen molar-refractivity contribution in [3.63, 3.8) is 0 Å². The molecule has 0 aliphatic rings. The van der Waals surface area contributed by atoms with Crippen LogP contribution in [0.4, 0.5) is 13.2 Å². The summed E-state index contributed by atoms with van der Waals surface area (Å²) in [5.41, 5.74) is 1.29.